The summed E-state index contributed by atoms with van der Waals surface area (Å²) >= 11 is 0. The zero-order valence-corrected chi connectivity index (χ0v) is 18.5. The predicted octanol–water partition coefficient (Wildman–Crippen LogP) is 0.419. The second-order valence-electron chi connectivity index (χ2n) is 7.74. The Labute approximate surface area is 183 Å². The first-order valence-electron chi connectivity index (χ1n) is 11.1. The monoisotopic (exact) mass is 450 g/mol. The molecule has 1 fully saturated rings. The fourth-order valence-corrected chi connectivity index (χ4v) is 3.10. The van der Waals surface area contributed by atoms with Crippen molar-refractivity contribution >= 4 is 11.9 Å². The lowest BCUT2D eigenvalue weighted by Crippen LogP contribution is -2.59. The molecule has 6 atom stereocenters. The molecule has 10 nitrogen and oxygen atoms in total. The van der Waals surface area contributed by atoms with Crippen molar-refractivity contribution in [3.8, 4) is 0 Å². The lowest BCUT2D eigenvalue weighted by Gasteiger charge is -2.39. The largest absolute Gasteiger partial charge is 0.462 e. The molecule has 0 aromatic rings. The van der Waals surface area contributed by atoms with Gasteiger partial charge in [-0.05, 0) is 12.8 Å². The summed E-state index contributed by atoms with van der Waals surface area (Å²) in [7, 11) is 0. The van der Waals surface area contributed by atoms with E-state index in [1.807, 2.05) is 6.92 Å². The summed E-state index contributed by atoms with van der Waals surface area (Å²) in [6, 6.07) is 0. The van der Waals surface area contributed by atoms with Gasteiger partial charge < -0.3 is 39.4 Å². The van der Waals surface area contributed by atoms with E-state index in [0.717, 1.165) is 25.7 Å². The van der Waals surface area contributed by atoms with Crippen LogP contribution in [0.1, 0.15) is 65.2 Å². The van der Waals surface area contributed by atoms with Crippen LogP contribution in [-0.4, -0.2) is 89.0 Å². The van der Waals surface area contributed by atoms with Crippen molar-refractivity contribution in [2.75, 3.05) is 19.8 Å². The average molecular weight is 451 g/mol. The molecule has 1 saturated heterocycles. The second-order valence-corrected chi connectivity index (χ2v) is 7.74. The van der Waals surface area contributed by atoms with Crippen LogP contribution in [0.2, 0.25) is 0 Å². The third kappa shape index (κ3) is 10.2. The van der Waals surface area contributed by atoms with Gasteiger partial charge in [0.25, 0.3) is 0 Å². The summed E-state index contributed by atoms with van der Waals surface area (Å²) in [4.78, 5) is 23.8. The van der Waals surface area contributed by atoms with Crippen LogP contribution in [0.15, 0.2) is 0 Å². The number of ether oxygens (including phenoxy) is 4. The van der Waals surface area contributed by atoms with Gasteiger partial charge in [-0.2, -0.15) is 0 Å². The Hall–Kier alpha value is -1.30. The molecule has 0 aromatic heterocycles. The summed E-state index contributed by atoms with van der Waals surface area (Å²) in [6.45, 7) is 2.85. The highest BCUT2D eigenvalue weighted by Crippen LogP contribution is 2.22. The number of carbonyl (C=O) groups is 2. The highest BCUT2D eigenvalue weighted by atomic mass is 16.7. The zero-order valence-electron chi connectivity index (χ0n) is 18.5. The maximum absolute atomic E-state index is 12.2. The molecule has 0 aromatic carbocycles. The Morgan fingerprint density at radius 1 is 0.871 bits per heavy atom. The molecule has 4 N–H and O–H groups in total. The predicted molar refractivity (Wildman–Crippen MR) is 109 cm³/mol. The minimum Gasteiger partial charge on any atom is -0.462 e. The van der Waals surface area contributed by atoms with Crippen LogP contribution in [0, 0.1) is 0 Å². The number of rotatable bonds is 15. The van der Waals surface area contributed by atoms with E-state index in [-0.39, 0.29) is 26.1 Å². The van der Waals surface area contributed by atoms with E-state index in [1.165, 1.54) is 0 Å². The molecule has 0 amide bonds. The Morgan fingerprint density at radius 3 is 2.23 bits per heavy atom. The van der Waals surface area contributed by atoms with Crippen LogP contribution in [0.4, 0.5) is 0 Å². The minimum atomic E-state index is -1.58. The van der Waals surface area contributed by atoms with E-state index in [2.05, 4.69) is 6.92 Å². The smallest absolute Gasteiger partial charge is 0.306 e. The fraction of sp³-hybridized carbons (Fsp3) is 0.905. The van der Waals surface area contributed by atoms with E-state index in [9.17, 15) is 30.0 Å². The highest BCUT2D eigenvalue weighted by Gasteiger charge is 2.44. The molecule has 0 saturated carbocycles. The van der Waals surface area contributed by atoms with Crippen molar-refractivity contribution in [2.45, 2.75) is 102 Å². The summed E-state index contributed by atoms with van der Waals surface area (Å²) in [5, 5.41) is 39.0. The molecule has 1 rings (SSSR count). The number of aliphatic hydroxyl groups is 4. The van der Waals surface area contributed by atoms with Gasteiger partial charge in [-0.15, -0.1) is 0 Å². The summed E-state index contributed by atoms with van der Waals surface area (Å²) in [5.74, 6) is -0.888. The van der Waals surface area contributed by atoms with Crippen LogP contribution < -0.4 is 0 Å². The molecule has 1 aliphatic rings. The van der Waals surface area contributed by atoms with Gasteiger partial charge in [0.2, 0.25) is 0 Å². The highest BCUT2D eigenvalue weighted by molar-refractivity contribution is 5.70. The van der Waals surface area contributed by atoms with Crippen molar-refractivity contribution in [1.29, 1.82) is 0 Å². The number of unbranched alkanes of at least 4 members (excludes halogenated alkanes) is 4. The number of esters is 2. The molecule has 6 unspecified atom stereocenters. The van der Waals surface area contributed by atoms with Crippen molar-refractivity contribution < 1.29 is 49.0 Å². The molecule has 31 heavy (non-hydrogen) atoms. The van der Waals surface area contributed by atoms with Gasteiger partial charge in [0.05, 0.1) is 13.2 Å². The summed E-state index contributed by atoms with van der Waals surface area (Å²) in [6.07, 6.45) is -2.14. The van der Waals surface area contributed by atoms with Gasteiger partial charge in [-0.3, -0.25) is 9.59 Å². The Morgan fingerprint density at radius 2 is 1.58 bits per heavy atom. The maximum Gasteiger partial charge on any atom is 0.306 e. The standard InChI is InChI=1S/C21H38O10/c1-3-5-6-7-8-10-17(24)30-14(12-28-16(23)9-4-2)13-29-21-20(27)19(26)18(25)15(11-22)31-21/h14-15,18-22,25-27H,3-13H2,1-2H3. The van der Waals surface area contributed by atoms with Gasteiger partial charge in [-0.25, -0.2) is 0 Å². The van der Waals surface area contributed by atoms with Crippen LogP contribution in [0.3, 0.4) is 0 Å². The molecule has 0 bridgehead atoms. The minimum absolute atomic E-state index is 0.224. The number of hydrogen-bond donors (Lipinski definition) is 4. The number of aliphatic hydroxyl groups excluding tert-OH is 4. The Kier molecular flexibility index (Phi) is 13.9. The summed E-state index contributed by atoms with van der Waals surface area (Å²) < 4.78 is 21.2. The van der Waals surface area contributed by atoms with E-state index in [0.29, 0.717) is 12.8 Å². The normalized spacial score (nSPS) is 27.0. The van der Waals surface area contributed by atoms with E-state index >= 15 is 0 Å². The van der Waals surface area contributed by atoms with Crippen molar-refractivity contribution in [2.24, 2.45) is 0 Å². The SMILES string of the molecule is CCCCCCCC(=O)OC(COC(=O)CCC)COC1OC(CO)C(O)C(O)C1O. The maximum atomic E-state index is 12.2. The van der Waals surface area contributed by atoms with Crippen LogP contribution >= 0.6 is 0 Å². The van der Waals surface area contributed by atoms with Crippen LogP contribution in [-0.2, 0) is 28.5 Å². The number of hydrogen-bond acceptors (Lipinski definition) is 10. The molecule has 0 aliphatic carbocycles. The van der Waals surface area contributed by atoms with Crippen LogP contribution in [0.5, 0.6) is 0 Å². The lowest BCUT2D eigenvalue weighted by atomic mass is 9.99. The number of carbonyl (C=O) groups excluding carboxylic acids is 2. The average Bonchev–Trinajstić information content (AvgIpc) is 2.75. The topological polar surface area (TPSA) is 152 Å². The Balaban J connectivity index is 2.60. The second kappa shape index (κ2) is 15.5. The van der Waals surface area contributed by atoms with Gasteiger partial charge in [0.15, 0.2) is 12.4 Å². The van der Waals surface area contributed by atoms with Crippen molar-refractivity contribution in [3.63, 3.8) is 0 Å². The summed E-state index contributed by atoms with van der Waals surface area (Å²) in [5.41, 5.74) is 0. The molecule has 1 aliphatic heterocycles. The first kappa shape index (κ1) is 27.7. The van der Waals surface area contributed by atoms with Crippen LogP contribution in [0.25, 0.3) is 0 Å². The molecule has 0 radical (unpaired) electrons. The molecular weight excluding hydrogens is 412 g/mol. The Bertz CT molecular complexity index is 512. The van der Waals surface area contributed by atoms with E-state index in [1.54, 1.807) is 0 Å². The first-order chi connectivity index (χ1) is 14.8. The molecule has 1 heterocycles. The van der Waals surface area contributed by atoms with Gasteiger partial charge in [0, 0.05) is 12.8 Å². The van der Waals surface area contributed by atoms with E-state index in [4.69, 9.17) is 18.9 Å². The van der Waals surface area contributed by atoms with Gasteiger partial charge in [0.1, 0.15) is 31.0 Å². The third-order valence-electron chi connectivity index (χ3n) is 4.96. The lowest BCUT2D eigenvalue weighted by molar-refractivity contribution is -0.305. The molecule has 10 heteroatoms. The molecule has 0 spiro atoms. The van der Waals surface area contributed by atoms with Gasteiger partial charge >= 0.3 is 11.9 Å². The third-order valence-corrected chi connectivity index (χ3v) is 4.96. The van der Waals surface area contributed by atoms with Crippen molar-refractivity contribution in [1.82, 2.24) is 0 Å². The quantitative estimate of drug-likeness (QED) is 0.204. The van der Waals surface area contributed by atoms with E-state index < -0.39 is 55.4 Å². The van der Waals surface area contributed by atoms with Gasteiger partial charge in [-0.1, -0.05) is 39.5 Å². The molecular formula is C21H38O10. The molecule has 182 valence electrons. The van der Waals surface area contributed by atoms with Crippen molar-refractivity contribution in [3.05, 3.63) is 0 Å². The zero-order chi connectivity index (χ0) is 23.2. The fourth-order valence-electron chi connectivity index (χ4n) is 3.10. The first-order valence-corrected chi connectivity index (χ1v) is 11.1.